The Morgan fingerprint density at radius 2 is 2.24 bits per heavy atom. The monoisotopic (exact) mass is 393 g/mol. The molecule has 0 aliphatic heterocycles. The molecule has 2 heterocycles. The van der Waals surface area contributed by atoms with Crippen molar-refractivity contribution in [3.05, 3.63) is 44.8 Å². The van der Waals surface area contributed by atoms with E-state index < -0.39 is 4.92 Å². The normalized spacial score (nSPS) is 10.6. The molecule has 0 saturated heterocycles. The van der Waals surface area contributed by atoms with Crippen LogP contribution >= 0.6 is 34.4 Å². The lowest BCUT2D eigenvalue weighted by atomic mass is 10.1. The summed E-state index contributed by atoms with van der Waals surface area (Å²) in [5.74, 6) is 0.0122. The number of amides is 1. The van der Waals surface area contributed by atoms with Gasteiger partial charge in [0.1, 0.15) is 5.01 Å². The number of nitro benzene ring substituents is 1. The van der Waals surface area contributed by atoms with E-state index in [2.05, 4.69) is 20.5 Å². The molecule has 0 unspecified atom stereocenters. The number of benzene rings is 1. The van der Waals surface area contributed by atoms with Crippen molar-refractivity contribution in [2.45, 2.75) is 11.3 Å². The van der Waals surface area contributed by atoms with Gasteiger partial charge in [-0.05, 0) is 6.92 Å². The smallest absolute Gasteiger partial charge is 0.270 e. The van der Waals surface area contributed by atoms with E-state index in [1.54, 1.807) is 17.5 Å². The maximum Gasteiger partial charge on any atom is 0.270 e. The van der Waals surface area contributed by atoms with Crippen LogP contribution < -0.4 is 5.32 Å². The lowest BCUT2D eigenvalue weighted by Crippen LogP contribution is -2.13. The minimum atomic E-state index is -0.453. The van der Waals surface area contributed by atoms with E-state index >= 15 is 0 Å². The Hall–Kier alpha value is -2.37. The van der Waals surface area contributed by atoms with Gasteiger partial charge in [-0.3, -0.25) is 14.9 Å². The van der Waals surface area contributed by atoms with E-state index in [4.69, 9.17) is 0 Å². The highest BCUT2D eigenvalue weighted by Gasteiger charge is 2.12. The lowest BCUT2D eigenvalue weighted by molar-refractivity contribution is -0.384. The molecule has 0 fully saturated rings. The standard InChI is InChI=1S/C14H11N5O3S3/c1-8-17-18-14(25-8)24-7-12(20)16-13-15-11(6-23-13)9-3-2-4-10(5-9)19(21)22/h2-6H,7H2,1H3,(H,15,16,20). The van der Waals surface area contributed by atoms with Crippen molar-refractivity contribution in [2.24, 2.45) is 0 Å². The topological polar surface area (TPSA) is 111 Å². The van der Waals surface area contributed by atoms with Crippen molar-refractivity contribution in [2.75, 3.05) is 11.1 Å². The molecule has 11 heteroatoms. The average Bonchev–Trinajstić information content (AvgIpc) is 3.22. The predicted octanol–water partition coefficient (Wildman–Crippen LogP) is 3.61. The SMILES string of the molecule is Cc1nnc(SCC(=O)Nc2nc(-c3cccc([N+](=O)[O-])c3)cs2)s1. The van der Waals surface area contributed by atoms with Crippen molar-refractivity contribution < 1.29 is 9.72 Å². The Labute approximate surface area is 154 Å². The number of anilines is 1. The van der Waals surface area contributed by atoms with E-state index in [0.717, 1.165) is 9.35 Å². The average molecular weight is 393 g/mol. The fraction of sp³-hybridized carbons (Fsp3) is 0.143. The zero-order valence-corrected chi connectivity index (χ0v) is 15.3. The molecule has 0 aliphatic rings. The van der Waals surface area contributed by atoms with Gasteiger partial charge in [0.15, 0.2) is 9.47 Å². The maximum absolute atomic E-state index is 12.0. The summed E-state index contributed by atoms with van der Waals surface area (Å²) >= 11 is 4.01. The second kappa shape index (κ2) is 7.68. The summed E-state index contributed by atoms with van der Waals surface area (Å²) in [6.07, 6.45) is 0. The van der Waals surface area contributed by atoms with Crippen LogP contribution in [0.25, 0.3) is 11.3 Å². The minimum Gasteiger partial charge on any atom is -0.301 e. The number of thiazole rings is 1. The molecule has 1 aromatic carbocycles. The molecule has 3 aromatic rings. The van der Waals surface area contributed by atoms with Crippen molar-refractivity contribution in [1.82, 2.24) is 15.2 Å². The molecular formula is C14H11N5O3S3. The number of non-ortho nitro benzene ring substituents is 1. The summed E-state index contributed by atoms with van der Waals surface area (Å²) in [6, 6.07) is 6.21. The van der Waals surface area contributed by atoms with Crippen molar-refractivity contribution in [1.29, 1.82) is 0 Å². The number of carbonyl (C=O) groups is 1. The van der Waals surface area contributed by atoms with Crippen LogP contribution in [0.15, 0.2) is 34.0 Å². The molecule has 128 valence electrons. The van der Waals surface area contributed by atoms with Gasteiger partial charge in [-0.1, -0.05) is 35.2 Å². The van der Waals surface area contributed by atoms with Gasteiger partial charge in [-0.15, -0.1) is 21.5 Å². The highest BCUT2D eigenvalue weighted by Crippen LogP contribution is 2.28. The Bertz CT molecular complexity index is 924. The summed E-state index contributed by atoms with van der Waals surface area (Å²) in [4.78, 5) is 26.7. The van der Waals surface area contributed by atoms with Gasteiger partial charge < -0.3 is 5.32 Å². The number of nitrogens with one attached hydrogen (secondary N) is 1. The number of hydrogen-bond acceptors (Lipinski definition) is 9. The van der Waals surface area contributed by atoms with Crippen LogP contribution in [0.1, 0.15) is 5.01 Å². The first-order chi connectivity index (χ1) is 12.0. The van der Waals surface area contributed by atoms with Gasteiger partial charge in [0.25, 0.3) is 5.69 Å². The highest BCUT2D eigenvalue weighted by molar-refractivity contribution is 8.01. The van der Waals surface area contributed by atoms with Gasteiger partial charge >= 0.3 is 0 Å². The van der Waals surface area contributed by atoms with Gasteiger partial charge in [-0.2, -0.15) is 0 Å². The molecule has 0 saturated carbocycles. The van der Waals surface area contributed by atoms with Crippen LogP contribution in [-0.4, -0.2) is 31.8 Å². The van der Waals surface area contributed by atoms with E-state index in [1.807, 2.05) is 6.92 Å². The Kier molecular flexibility index (Phi) is 5.36. The zero-order chi connectivity index (χ0) is 17.8. The van der Waals surface area contributed by atoms with Crippen LogP contribution in [0.4, 0.5) is 10.8 Å². The molecule has 0 bridgehead atoms. The molecule has 0 radical (unpaired) electrons. The van der Waals surface area contributed by atoms with Gasteiger partial charge in [-0.25, -0.2) is 4.98 Å². The number of rotatable bonds is 6. The third-order valence-electron chi connectivity index (χ3n) is 2.94. The molecule has 1 N–H and O–H groups in total. The largest absolute Gasteiger partial charge is 0.301 e. The molecule has 3 rings (SSSR count). The van der Waals surface area contributed by atoms with Crippen molar-refractivity contribution in [3.8, 4) is 11.3 Å². The number of nitro groups is 1. The van der Waals surface area contributed by atoms with Gasteiger partial charge in [0, 0.05) is 23.1 Å². The lowest BCUT2D eigenvalue weighted by Gasteiger charge is -2.00. The highest BCUT2D eigenvalue weighted by atomic mass is 32.2. The molecule has 2 aromatic heterocycles. The first-order valence-corrected chi connectivity index (χ1v) is 9.62. The summed E-state index contributed by atoms with van der Waals surface area (Å²) < 4.78 is 0.740. The maximum atomic E-state index is 12.0. The Morgan fingerprint density at radius 3 is 2.96 bits per heavy atom. The van der Waals surface area contributed by atoms with Crippen LogP contribution in [0, 0.1) is 17.0 Å². The van der Waals surface area contributed by atoms with Crippen LogP contribution in [0.3, 0.4) is 0 Å². The van der Waals surface area contributed by atoms with Gasteiger partial charge in [0.2, 0.25) is 5.91 Å². The second-order valence-corrected chi connectivity index (χ2v) is 8.03. The van der Waals surface area contributed by atoms with E-state index in [9.17, 15) is 14.9 Å². The molecule has 1 amide bonds. The number of thioether (sulfide) groups is 1. The third kappa shape index (κ3) is 4.59. The number of nitrogens with zero attached hydrogens (tertiary/aromatic N) is 4. The van der Waals surface area contributed by atoms with Crippen molar-refractivity contribution in [3.63, 3.8) is 0 Å². The van der Waals surface area contributed by atoms with Crippen LogP contribution in [0.5, 0.6) is 0 Å². The van der Waals surface area contributed by atoms with E-state index in [1.165, 1.54) is 46.6 Å². The minimum absolute atomic E-state index is 0.000152. The second-order valence-electron chi connectivity index (χ2n) is 4.77. The Morgan fingerprint density at radius 1 is 1.40 bits per heavy atom. The van der Waals surface area contributed by atoms with Crippen molar-refractivity contribution >= 4 is 51.2 Å². The Balaban J connectivity index is 1.62. The molecule has 0 aliphatic carbocycles. The quantitative estimate of drug-likeness (QED) is 0.387. The molecule has 25 heavy (non-hydrogen) atoms. The van der Waals surface area contributed by atoms with Crippen LogP contribution in [-0.2, 0) is 4.79 Å². The number of aryl methyl sites for hydroxylation is 1. The third-order valence-corrected chi connectivity index (χ3v) is 5.67. The summed E-state index contributed by atoms with van der Waals surface area (Å²) in [6.45, 7) is 1.85. The molecular weight excluding hydrogens is 382 g/mol. The van der Waals surface area contributed by atoms with Crippen LogP contribution in [0.2, 0.25) is 0 Å². The summed E-state index contributed by atoms with van der Waals surface area (Å²) in [7, 11) is 0. The first-order valence-electron chi connectivity index (χ1n) is 6.94. The van der Waals surface area contributed by atoms with E-state index in [0.29, 0.717) is 16.4 Å². The fourth-order valence-corrected chi connectivity index (χ4v) is 4.21. The zero-order valence-electron chi connectivity index (χ0n) is 12.8. The van der Waals surface area contributed by atoms with Gasteiger partial charge in [0.05, 0.1) is 16.4 Å². The number of hydrogen-bond donors (Lipinski definition) is 1. The first kappa shape index (κ1) is 17.5. The summed E-state index contributed by atoms with van der Waals surface area (Å²) in [5.41, 5.74) is 1.21. The molecule has 8 nitrogen and oxygen atoms in total. The summed E-state index contributed by atoms with van der Waals surface area (Å²) in [5, 5.41) is 24.4. The number of aromatic nitrogens is 3. The predicted molar refractivity (Wildman–Crippen MR) is 98.2 cm³/mol. The molecule has 0 spiro atoms. The number of carbonyl (C=O) groups excluding carboxylic acids is 1. The fourth-order valence-electron chi connectivity index (χ4n) is 1.86. The van der Waals surface area contributed by atoms with E-state index in [-0.39, 0.29) is 17.3 Å². The molecule has 0 atom stereocenters.